The summed E-state index contributed by atoms with van der Waals surface area (Å²) in [6, 6.07) is 0. The number of methoxy groups -OCH3 is 1. The predicted molar refractivity (Wildman–Crippen MR) is 91.0 cm³/mol. The molecule has 0 saturated carbocycles. The fourth-order valence-electron chi connectivity index (χ4n) is 2.88. The maximum atomic E-state index is 11.4. The zero-order chi connectivity index (χ0) is 18.7. The number of carbonyl (C=O) groups excluding carboxylic acids is 2. The summed E-state index contributed by atoms with van der Waals surface area (Å²) in [7, 11) is 1.47. The Morgan fingerprint density at radius 1 is 0.960 bits per heavy atom. The monoisotopic (exact) mass is 360 g/mol. The first-order valence-corrected chi connectivity index (χ1v) is 9.10. The van der Waals surface area contributed by atoms with Gasteiger partial charge in [-0.15, -0.1) is 0 Å². The second-order valence-corrected chi connectivity index (χ2v) is 6.26. The van der Waals surface area contributed by atoms with Gasteiger partial charge in [0.25, 0.3) is 0 Å². The molecule has 0 amide bonds. The highest BCUT2D eigenvalue weighted by atomic mass is 16.7. The van der Waals surface area contributed by atoms with Crippen LogP contribution in [0.4, 0.5) is 0 Å². The van der Waals surface area contributed by atoms with Crippen LogP contribution in [0, 0.1) is 0 Å². The molecule has 25 heavy (non-hydrogen) atoms. The van der Waals surface area contributed by atoms with Gasteiger partial charge < -0.3 is 23.7 Å². The first-order valence-electron chi connectivity index (χ1n) is 9.10. The average Bonchev–Trinajstić information content (AvgIpc) is 2.55. The van der Waals surface area contributed by atoms with E-state index in [9.17, 15) is 9.59 Å². The van der Waals surface area contributed by atoms with Crippen LogP contribution >= 0.6 is 0 Å². The van der Waals surface area contributed by atoms with Crippen LogP contribution in [0.2, 0.25) is 0 Å². The maximum Gasteiger partial charge on any atom is 0.303 e. The van der Waals surface area contributed by atoms with Crippen LogP contribution in [0.1, 0.15) is 59.3 Å². The molecule has 0 aromatic heterocycles. The molecule has 1 rings (SSSR count). The van der Waals surface area contributed by atoms with Crippen LogP contribution in [0.3, 0.4) is 0 Å². The van der Waals surface area contributed by atoms with Crippen molar-refractivity contribution in [2.45, 2.75) is 83.9 Å². The lowest BCUT2D eigenvalue weighted by Gasteiger charge is -2.40. The van der Waals surface area contributed by atoms with E-state index in [0.717, 1.165) is 12.8 Å². The first-order chi connectivity index (χ1) is 12.0. The fraction of sp³-hybridized carbons (Fsp3) is 0.889. The predicted octanol–water partition coefficient (Wildman–Crippen LogP) is 2.60. The highest BCUT2D eigenvalue weighted by Crippen LogP contribution is 2.25. The Bertz CT molecular complexity index is 399. The standard InChI is InChI=1S/C18H32O7/c1-5-6-7-8-9-10-11-22-16-15(24-13(2)19)12-23-18(21-4)17(16)25-14(3)20/h15-18H,5-12H2,1-4H3/t15-,16-,17+,18-/m1/s1. The number of rotatable bonds is 11. The zero-order valence-corrected chi connectivity index (χ0v) is 15.8. The summed E-state index contributed by atoms with van der Waals surface area (Å²) < 4.78 is 27.3. The minimum Gasteiger partial charge on any atom is -0.457 e. The molecule has 0 aliphatic carbocycles. The SMILES string of the molecule is CCCCCCCCO[C@H]1[C@H](OC(C)=O)[C@H](OC)OC[C@H]1OC(C)=O. The number of esters is 2. The van der Waals surface area contributed by atoms with Gasteiger partial charge in [-0.2, -0.15) is 0 Å². The lowest BCUT2D eigenvalue weighted by Crippen LogP contribution is -2.57. The lowest BCUT2D eigenvalue weighted by atomic mass is 10.0. The van der Waals surface area contributed by atoms with Crippen molar-refractivity contribution in [3.63, 3.8) is 0 Å². The van der Waals surface area contributed by atoms with E-state index >= 15 is 0 Å². The minimum absolute atomic E-state index is 0.136. The summed E-state index contributed by atoms with van der Waals surface area (Å²) in [6.07, 6.45) is 4.08. The maximum absolute atomic E-state index is 11.4. The molecule has 1 heterocycles. The molecule has 4 atom stereocenters. The van der Waals surface area contributed by atoms with Gasteiger partial charge >= 0.3 is 11.9 Å². The van der Waals surface area contributed by atoms with Crippen LogP contribution in [-0.4, -0.2) is 56.9 Å². The van der Waals surface area contributed by atoms with Crippen molar-refractivity contribution in [3.05, 3.63) is 0 Å². The van der Waals surface area contributed by atoms with E-state index in [0.29, 0.717) is 6.61 Å². The number of unbranched alkanes of at least 4 members (excludes halogenated alkanes) is 5. The third-order valence-electron chi connectivity index (χ3n) is 4.04. The van der Waals surface area contributed by atoms with Crippen LogP contribution in [-0.2, 0) is 33.3 Å². The summed E-state index contributed by atoms with van der Waals surface area (Å²) in [5.74, 6) is -0.897. The van der Waals surface area contributed by atoms with E-state index in [1.165, 1.54) is 46.6 Å². The van der Waals surface area contributed by atoms with Crippen molar-refractivity contribution < 1.29 is 33.3 Å². The fourth-order valence-corrected chi connectivity index (χ4v) is 2.88. The smallest absolute Gasteiger partial charge is 0.303 e. The van der Waals surface area contributed by atoms with Crippen LogP contribution in [0.15, 0.2) is 0 Å². The van der Waals surface area contributed by atoms with Gasteiger partial charge in [0.1, 0.15) is 6.10 Å². The Hall–Kier alpha value is -1.18. The van der Waals surface area contributed by atoms with Gasteiger partial charge in [-0.1, -0.05) is 39.0 Å². The number of hydrogen-bond donors (Lipinski definition) is 0. The molecule has 0 bridgehead atoms. The van der Waals surface area contributed by atoms with Gasteiger partial charge in [-0.25, -0.2) is 0 Å². The minimum atomic E-state index is -0.777. The topological polar surface area (TPSA) is 80.3 Å². The molecule has 0 unspecified atom stereocenters. The van der Waals surface area contributed by atoms with Crippen molar-refractivity contribution >= 4 is 11.9 Å². The molecule has 146 valence electrons. The second kappa shape index (κ2) is 12.2. The third kappa shape index (κ3) is 8.16. The molecule has 1 aliphatic heterocycles. The Morgan fingerprint density at radius 3 is 2.20 bits per heavy atom. The van der Waals surface area contributed by atoms with Crippen molar-refractivity contribution in [1.82, 2.24) is 0 Å². The highest BCUT2D eigenvalue weighted by Gasteiger charge is 2.45. The molecule has 1 saturated heterocycles. The molecular formula is C18H32O7. The molecule has 7 nitrogen and oxygen atoms in total. The van der Waals surface area contributed by atoms with E-state index in [-0.39, 0.29) is 6.61 Å². The number of carbonyl (C=O) groups is 2. The lowest BCUT2D eigenvalue weighted by molar-refractivity contribution is -0.278. The molecule has 0 radical (unpaired) electrons. The van der Waals surface area contributed by atoms with Crippen molar-refractivity contribution in [1.29, 1.82) is 0 Å². The Balaban J connectivity index is 2.61. The van der Waals surface area contributed by atoms with Gasteiger partial charge in [0.05, 0.1) is 6.61 Å². The van der Waals surface area contributed by atoms with Crippen LogP contribution in [0.25, 0.3) is 0 Å². The van der Waals surface area contributed by atoms with Gasteiger partial charge in [-0.05, 0) is 6.42 Å². The molecule has 0 aromatic carbocycles. The summed E-state index contributed by atoms with van der Waals surface area (Å²) >= 11 is 0. The van der Waals surface area contributed by atoms with Crippen LogP contribution in [0.5, 0.6) is 0 Å². The number of hydrogen-bond acceptors (Lipinski definition) is 7. The quantitative estimate of drug-likeness (QED) is 0.414. The molecule has 0 N–H and O–H groups in total. The van der Waals surface area contributed by atoms with Gasteiger partial charge in [-0.3, -0.25) is 9.59 Å². The number of ether oxygens (including phenoxy) is 5. The Labute approximate surface area is 150 Å². The molecule has 7 heteroatoms. The average molecular weight is 360 g/mol. The van der Waals surface area contributed by atoms with E-state index < -0.39 is 36.5 Å². The normalized spacial score (nSPS) is 26.2. The van der Waals surface area contributed by atoms with Gasteiger partial charge in [0.2, 0.25) is 0 Å². The van der Waals surface area contributed by atoms with Crippen molar-refractivity contribution in [3.8, 4) is 0 Å². The van der Waals surface area contributed by atoms with Crippen molar-refractivity contribution in [2.24, 2.45) is 0 Å². The molecule has 0 spiro atoms. The van der Waals surface area contributed by atoms with Gasteiger partial charge in [0.15, 0.2) is 18.5 Å². The van der Waals surface area contributed by atoms with E-state index in [2.05, 4.69) is 6.92 Å². The third-order valence-corrected chi connectivity index (χ3v) is 4.04. The zero-order valence-electron chi connectivity index (χ0n) is 15.8. The second-order valence-electron chi connectivity index (χ2n) is 6.26. The first kappa shape index (κ1) is 21.9. The Morgan fingerprint density at radius 2 is 1.60 bits per heavy atom. The molecule has 0 aromatic rings. The van der Waals surface area contributed by atoms with Gasteiger partial charge in [0, 0.05) is 27.6 Å². The Kier molecular flexibility index (Phi) is 10.7. The molecule has 1 aliphatic rings. The van der Waals surface area contributed by atoms with E-state index in [1.807, 2.05) is 0 Å². The summed E-state index contributed by atoms with van der Waals surface area (Å²) in [5.41, 5.74) is 0. The molecular weight excluding hydrogens is 328 g/mol. The summed E-state index contributed by atoms with van der Waals surface area (Å²) in [5, 5.41) is 0. The van der Waals surface area contributed by atoms with E-state index in [1.54, 1.807) is 0 Å². The summed E-state index contributed by atoms with van der Waals surface area (Å²) in [4.78, 5) is 22.8. The van der Waals surface area contributed by atoms with E-state index in [4.69, 9.17) is 23.7 Å². The summed E-state index contributed by atoms with van der Waals surface area (Å²) in [6.45, 7) is 5.46. The largest absolute Gasteiger partial charge is 0.457 e. The van der Waals surface area contributed by atoms with Crippen LogP contribution < -0.4 is 0 Å². The highest BCUT2D eigenvalue weighted by molar-refractivity contribution is 5.67. The van der Waals surface area contributed by atoms with Crippen molar-refractivity contribution in [2.75, 3.05) is 20.3 Å². The molecule has 1 fully saturated rings.